The highest BCUT2D eigenvalue weighted by atomic mass is 79.9. The standard InChI is InChI=1S/C9H14Br4/c1-9(12,13)5-6-2-3-7(10)8(11)4-6/h6-8H,2-5H2,1H3. The van der Waals surface area contributed by atoms with Gasteiger partial charge in [-0.2, -0.15) is 0 Å². The van der Waals surface area contributed by atoms with Crippen LogP contribution < -0.4 is 0 Å². The normalized spacial score (nSPS) is 36.2. The Morgan fingerprint density at radius 3 is 2.23 bits per heavy atom. The molecule has 4 heteroatoms. The summed E-state index contributed by atoms with van der Waals surface area (Å²) in [7, 11) is 0. The molecular formula is C9H14Br4. The minimum Gasteiger partial charge on any atom is -0.0879 e. The Morgan fingerprint density at radius 1 is 1.15 bits per heavy atom. The van der Waals surface area contributed by atoms with Crippen LogP contribution in [0.1, 0.15) is 32.6 Å². The lowest BCUT2D eigenvalue weighted by molar-refractivity contribution is 0.354. The first-order valence-electron chi connectivity index (χ1n) is 4.54. The van der Waals surface area contributed by atoms with Crippen LogP contribution >= 0.6 is 63.7 Å². The lowest BCUT2D eigenvalue weighted by atomic mass is 9.86. The molecule has 1 aliphatic carbocycles. The van der Waals surface area contributed by atoms with Gasteiger partial charge < -0.3 is 0 Å². The van der Waals surface area contributed by atoms with Crippen molar-refractivity contribution in [2.45, 2.75) is 45.5 Å². The van der Waals surface area contributed by atoms with Crippen molar-refractivity contribution in [2.75, 3.05) is 0 Å². The van der Waals surface area contributed by atoms with Crippen molar-refractivity contribution in [1.29, 1.82) is 0 Å². The lowest BCUT2D eigenvalue weighted by Crippen LogP contribution is -2.27. The molecule has 0 N–H and O–H groups in total. The van der Waals surface area contributed by atoms with E-state index in [1.807, 2.05) is 0 Å². The summed E-state index contributed by atoms with van der Waals surface area (Å²) in [6, 6.07) is 0. The van der Waals surface area contributed by atoms with Gasteiger partial charge in [0.25, 0.3) is 0 Å². The third-order valence-electron chi connectivity index (χ3n) is 2.45. The molecule has 0 radical (unpaired) electrons. The molecule has 0 spiro atoms. The third kappa shape index (κ3) is 4.98. The van der Waals surface area contributed by atoms with Crippen LogP contribution in [0.3, 0.4) is 0 Å². The molecule has 0 aromatic heterocycles. The average Bonchev–Trinajstić information content (AvgIpc) is 1.94. The smallest absolute Gasteiger partial charge is 0.0780 e. The second-order valence-electron chi connectivity index (χ2n) is 3.99. The van der Waals surface area contributed by atoms with E-state index in [0.717, 1.165) is 5.92 Å². The second-order valence-corrected chi connectivity index (χ2v) is 10.9. The fourth-order valence-electron chi connectivity index (χ4n) is 1.85. The molecule has 0 saturated heterocycles. The SMILES string of the molecule is CC(Br)(Br)CC1CCC(Br)C(Br)C1. The molecule has 0 bridgehead atoms. The van der Waals surface area contributed by atoms with Gasteiger partial charge in [-0.05, 0) is 38.5 Å². The first-order chi connectivity index (χ1) is 5.88. The van der Waals surface area contributed by atoms with Crippen molar-refractivity contribution in [3.05, 3.63) is 0 Å². The maximum Gasteiger partial charge on any atom is 0.0780 e. The highest BCUT2D eigenvalue weighted by Crippen LogP contribution is 2.41. The Bertz CT molecular complexity index is 163. The van der Waals surface area contributed by atoms with E-state index < -0.39 is 0 Å². The predicted octanol–water partition coefficient (Wildman–Crippen LogP) is 5.21. The van der Waals surface area contributed by atoms with E-state index in [0.29, 0.717) is 9.65 Å². The van der Waals surface area contributed by atoms with Gasteiger partial charge in [0, 0.05) is 9.65 Å². The number of halogens is 4. The van der Waals surface area contributed by atoms with Crippen LogP contribution in [0.2, 0.25) is 0 Å². The van der Waals surface area contributed by atoms with Crippen LogP contribution in [0.5, 0.6) is 0 Å². The minimum absolute atomic E-state index is 0.122. The fourth-order valence-corrected chi connectivity index (χ4v) is 4.04. The predicted molar refractivity (Wildman–Crippen MR) is 73.6 cm³/mol. The molecule has 3 atom stereocenters. The van der Waals surface area contributed by atoms with Gasteiger partial charge in [0.05, 0.1) is 3.23 Å². The van der Waals surface area contributed by atoms with Gasteiger partial charge in [-0.15, -0.1) is 0 Å². The summed E-state index contributed by atoms with van der Waals surface area (Å²) in [6.45, 7) is 2.18. The summed E-state index contributed by atoms with van der Waals surface area (Å²) in [5.41, 5.74) is 0. The zero-order chi connectivity index (χ0) is 10.1. The van der Waals surface area contributed by atoms with Gasteiger partial charge in [-0.3, -0.25) is 0 Å². The van der Waals surface area contributed by atoms with E-state index in [4.69, 9.17) is 0 Å². The van der Waals surface area contributed by atoms with E-state index in [-0.39, 0.29) is 3.23 Å². The number of hydrogen-bond donors (Lipinski definition) is 0. The van der Waals surface area contributed by atoms with Crippen LogP contribution in [0.25, 0.3) is 0 Å². The van der Waals surface area contributed by atoms with Crippen LogP contribution in [-0.4, -0.2) is 12.9 Å². The summed E-state index contributed by atoms with van der Waals surface area (Å²) in [6.07, 6.45) is 5.11. The maximum absolute atomic E-state index is 3.72. The molecule has 0 heterocycles. The van der Waals surface area contributed by atoms with Crippen molar-refractivity contribution in [3.8, 4) is 0 Å². The molecule has 3 unspecified atom stereocenters. The number of hydrogen-bond acceptors (Lipinski definition) is 0. The molecule has 0 amide bonds. The first kappa shape index (κ1) is 13.0. The second kappa shape index (κ2) is 5.31. The molecule has 78 valence electrons. The first-order valence-corrected chi connectivity index (χ1v) is 7.96. The largest absolute Gasteiger partial charge is 0.0879 e. The van der Waals surface area contributed by atoms with Gasteiger partial charge in [-0.1, -0.05) is 63.7 Å². The van der Waals surface area contributed by atoms with E-state index in [9.17, 15) is 0 Å². The monoisotopic (exact) mass is 438 g/mol. The zero-order valence-corrected chi connectivity index (χ0v) is 13.9. The van der Waals surface area contributed by atoms with Gasteiger partial charge in [0.1, 0.15) is 0 Å². The molecule has 0 aromatic carbocycles. The van der Waals surface area contributed by atoms with Crippen molar-refractivity contribution >= 4 is 63.7 Å². The molecule has 1 aliphatic rings. The average molecular weight is 442 g/mol. The summed E-state index contributed by atoms with van der Waals surface area (Å²) in [4.78, 5) is 1.31. The molecule has 1 rings (SSSR count). The molecule has 1 saturated carbocycles. The Kier molecular flexibility index (Phi) is 5.30. The molecule has 0 nitrogen and oxygen atoms in total. The van der Waals surface area contributed by atoms with Crippen LogP contribution in [0.4, 0.5) is 0 Å². The highest BCUT2D eigenvalue weighted by molar-refractivity contribution is 9.25. The summed E-state index contributed by atoms with van der Waals surface area (Å²) in [5.74, 6) is 0.835. The quantitative estimate of drug-likeness (QED) is 0.516. The topological polar surface area (TPSA) is 0 Å². The van der Waals surface area contributed by atoms with Crippen LogP contribution in [-0.2, 0) is 0 Å². The van der Waals surface area contributed by atoms with Crippen molar-refractivity contribution in [3.63, 3.8) is 0 Å². The van der Waals surface area contributed by atoms with E-state index in [1.54, 1.807) is 0 Å². The van der Waals surface area contributed by atoms with Gasteiger partial charge in [-0.25, -0.2) is 0 Å². The van der Waals surface area contributed by atoms with Crippen molar-refractivity contribution in [2.24, 2.45) is 5.92 Å². The minimum atomic E-state index is 0.122. The molecule has 0 aromatic rings. The summed E-state index contributed by atoms with van der Waals surface area (Å²) in [5, 5.41) is 0. The molecule has 13 heavy (non-hydrogen) atoms. The Labute approximate surface area is 114 Å². The van der Waals surface area contributed by atoms with Crippen molar-refractivity contribution in [1.82, 2.24) is 0 Å². The fraction of sp³-hybridized carbons (Fsp3) is 1.00. The molecular weight excluding hydrogens is 428 g/mol. The number of alkyl halides is 4. The lowest BCUT2D eigenvalue weighted by Gasteiger charge is -2.32. The summed E-state index contributed by atoms with van der Waals surface area (Å²) < 4.78 is 0.122. The zero-order valence-electron chi connectivity index (χ0n) is 7.57. The maximum atomic E-state index is 3.72. The number of rotatable bonds is 2. The summed E-state index contributed by atoms with van der Waals surface area (Å²) >= 11 is 14.7. The van der Waals surface area contributed by atoms with Crippen molar-refractivity contribution < 1.29 is 0 Å². The van der Waals surface area contributed by atoms with Gasteiger partial charge in [0.15, 0.2) is 0 Å². The van der Waals surface area contributed by atoms with E-state index >= 15 is 0 Å². The van der Waals surface area contributed by atoms with E-state index in [1.165, 1.54) is 25.7 Å². The Hall–Kier alpha value is 1.92. The van der Waals surface area contributed by atoms with Gasteiger partial charge >= 0.3 is 0 Å². The molecule has 0 aliphatic heterocycles. The highest BCUT2D eigenvalue weighted by Gasteiger charge is 2.30. The Morgan fingerprint density at radius 2 is 1.77 bits per heavy atom. The van der Waals surface area contributed by atoms with E-state index in [2.05, 4.69) is 70.6 Å². The molecule has 1 fully saturated rings. The van der Waals surface area contributed by atoms with Gasteiger partial charge in [0.2, 0.25) is 0 Å². The van der Waals surface area contributed by atoms with Crippen LogP contribution in [0.15, 0.2) is 0 Å². The third-order valence-corrected chi connectivity index (χ3v) is 5.91. The Balaban J connectivity index is 2.38. The van der Waals surface area contributed by atoms with Crippen LogP contribution in [0, 0.1) is 5.92 Å².